The first-order chi connectivity index (χ1) is 8.33. The van der Waals surface area contributed by atoms with Crippen LogP contribution in [0.3, 0.4) is 0 Å². The molecule has 0 unspecified atom stereocenters. The predicted octanol–water partition coefficient (Wildman–Crippen LogP) is 0.811. The Kier molecular flexibility index (Phi) is 4.28. The Morgan fingerprint density at radius 3 is 2.65 bits per heavy atom. The SMILES string of the molecule is CNCc1cnc(N2CCC(OC)CC2)cn1. The number of piperidine rings is 1. The molecule has 1 aromatic heterocycles. The average molecular weight is 236 g/mol. The highest BCUT2D eigenvalue weighted by Crippen LogP contribution is 2.18. The lowest BCUT2D eigenvalue weighted by atomic mass is 10.1. The van der Waals surface area contributed by atoms with E-state index in [0.29, 0.717) is 6.10 Å². The summed E-state index contributed by atoms with van der Waals surface area (Å²) in [6, 6.07) is 0. The van der Waals surface area contributed by atoms with Crippen LogP contribution in [0.4, 0.5) is 5.82 Å². The number of aromatic nitrogens is 2. The fraction of sp³-hybridized carbons (Fsp3) is 0.667. The Balaban J connectivity index is 1.94. The van der Waals surface area contributed by atoms with Crippen LogP contribution in [0.25, 0.3) is 0 Å². The monoisotopic (exact) mass is 236 g/mol. The molecule has 0 amide bonds. The van der Waals surface area contributed by atoms with Gasteiger partial charge < -0.3 is 15.0 Å². The summed E-state index contributed by atoms with van der Waals surface area (Å²) < 4.78 is 5.36. The molecule has 1 fully saturated rings. The van der Waals surface area contributed by atoms with Crippen LogP contribution in [0.15, 0.2) is 12.4 Å². The summed E-state index contributed by atoms with van der Waals surface area (Å²) in [5.74, 6) is 0.972. The number of nitrogens with one attached hydrogen (secondary N) is 1. The van der Waals surface area contributed by atoms with Crippen LogP contribution in [0.2, 0.25) is 0 Å². The lowest BCUT2D eigenvalue weighted by Crippen LogP contribution is -2.37. The molecule has 0 bridgehead atoms. The van der Waals surface area contributed by atoms with Crippen LogP contribution >= 0.6 is 0 Å². The van der Waals surface area contributed by atoms with Gasteiger partial charge in [0.05, 0.1) is 24.2 Å². The number of hydrogen-bond donors (Lipinski definition) is 1. The van der Waals surface area contributed by atoms with E-state index in [0.717, 1.165) is 44.0 Å². The van der Waals surface area contributed by atoms with Gasteiger partial charge in [-0.15, -0.1) is 0 Å². The molecule has 17 heavy (non-hydrogen) atoms. The molecule has 0 atom stereocenters. The summed E-state index contributed by atoms with van der Waals surface area (Å²) in [5, 5.41) is 3.06. The lowest BCUT2D eigenvalue weighted by Gasteiger charge is -2.31. The third kappa shape index (κ3) is 3.14. The first kappa shape index (κ1) is 12.3. The summed E-state index contributed by atoms with van der Waals surface area (Å²) in [6.45, 7) is 2.76. The van der Waals surface area contributed by atoms with Crippen molar-refractivity contribution in [1.29, 1.82) is 0 Å². The minimum Gasteiger partial charge on any atom is -0.381 e. The predicted molar refractivity (Wildman–Crippen MR) is 67.0 cm³/mol. The molecule has 0 saturated carbocycles. The molecule has 94 valence electrons. The van der Waals surface area contributed by atoms with E-state index >= 15 is 0 Å². The van der Waals surface area contributed by atoms with Crippen LogP contribution in [0.5, 0.6) is 0 Å². The second-order valence-electron chi connectivity index (χ2n) is 4.32. The highest BCUT2D eigenvalue weighted by molar-refractivity contribution is 5.36. The van der Waals surface area contributed by atoms with Gasteiger partial charge in [-0.2, -0.15) is 0 Å². The van der Waals surface area contributed by atoms with Crippen molar-refractivity contribution in [2.24, 2.45) is 0 Å². The van der Waals surface area contributed by atoms with Gasteiger partial charge >= 0.3 is 0 Å². The quantitative estimate of drug-likeness (QED) is 0.838. The van der Waals surface area contributed by atoms with Crippen LogP contribution in [0.1, 0.15) is 18.5 Å². The van der Waals surface area contributed by atoms with E-state index in [4.69, 9.17) is 4.74 Å². The Morgan fingerprint density at radius 1 is 1.35 bits per heavy atom. The van der Waals surface area contributed by atoms with E-state index < -0.39 is 0 Å². The number of nitrogens with zero attached hydrogens (tertiary/aromatic N) is 3. The molecule has 0 aromatic carbocycles. The third-order valence-electron chi connectivity index (χ3n) is 3.15. The molecule has 1 aliphatic rings. The van der Waals surface area contributed by atoms with Gasteiger partial charge in [0.15, 0.2) is 0 Å². The number of ether oxygens (including phenoxy) is 1. The summed E-state index contributed by atoms with van der Waals surface area (Å²) in [7, 11) is 3.69. The first-order valence-corrected chi connectivity index (χ1v) is 6.06. The van der Waals surface area contributed by atoms with Crippen molar-refractivity contribution in [1.82, 2.24) is 15.3 Å². The van der Waals surface area contributed by atoms with Gasteiger partial charge in [0.2, 0.25) is 0 Å². The van der Waals surface area contributed by atoms with Gasteiger partial charge in [-0.1, -0.05) is 0 Å². The van der Waals surface area contributed by atoms with Gasteiger partial charge in [-0.05, 0) is 19.9 Å². The summed E-state index contributed by atoms with van der Waals surface area (Å²) in [4.78, 5) is 11.1. The molecular formula is C12H20N4O. The zero-order chi connectivity index (χ0) is 12.1. The van der Waals surface area contributed by atoms with Crippen molar-refractivity contribution in [2.45, 2.75) is 25.5 Å². The van der Waals surface area contributed by atoms with E-state index in [1.807, 2.05) is 19.4 Å². The number of rotatable bonds is 4. The summed E-state index contributed by atoms with van der Waals surface area (Å²) in [6.07, 6.45) is 6.24. The van der Waals surface area contributed by atoms with Crippen LogP contribution in [0, 0.1) is 0 Å². The standard InChI is InChI=1S/C12H20N4O/c1-13-7-10-8-15-12(9-14-10)16-5-3-11(17-2)4-6-16/h8-9,11,13H,3-7H2,1-2H3. The average Bonchev–Trinajstić information content (AvgIpc) is 2.40. The fourth-order valence-electron chi connectivity index (χ4n) is 2.10. The van der Waals surface area contributed by atoms with E-state index in [1.54, 1.807) is 7.11 Å². The second-order valence-corrected chi connectivity index (χ2v) is 4.32. The Labute approximate surface area is 102 Å². The summed E-state index contributed by atoms with van der Waals surface area (Å²) in [5.41, 5.74) is 0.975. The second kappa shape index (κ2) is 5.93. The number of hydrogen-bond acceptors (Lipinski definition) is 5. The minimum atomic E-state index is 0.405. The Morgan fingerprint density at radius 2 is 2.12 bits per heavy atom. The molecule has 5 nitrogen and oxygen atoms in total. The van der Waals surface area contributed by atoms with Crippen molar-refractivity contribution in [3.63, 3.8) is 0 Å². The normalized spacial score (nSPS) is 17.4. The zero-order valence-electron chi connectivity index (χ0n) is 10.5. The largest absolute Gasteiger partial charge is 0.381 e. The molecule has 0 aliphatic carbocycles. The molecule has 2 rings (SSSR count). The smallest absolute Gasteiger partial charge is 0.147 e. The Bertz CT molecular complexity index is 333. The molecule has 0 spiro atoms. The van der Waals surface area contributed by atoms with E-state index in [-0.39, 0.29) is 0 Å². The van der Waals surface area contributed by atoms with Gasteiger partial charge in [-0.3, -0.25) is 4.98 Å². The Hall–Kier alpha value is -1.20. The third-order valence-corrected chi connectivity index (χ3v) is 3.15. The molecular weight excluding hydrogens is 216 g/mol. The first-order valence-electron chi connectivity index (χ1n) is 6.06. The molecule has 1 saturated heterocycles. The summed E-state index contributed by atoms with van der Waals surface area (Å²) >= 11 is 0. The van der Waals surface area contributed by atoms with Gasteiger partial charge in [0, 0.05) is 26.7 Å². The maximum Gasteiger partial charge on any atom is 0.147 e. The van der Waals surface area contributed by atoms with Crippen molar-refractivity contribution in [3.05, 3.63) is 18.1 Å². The molecule has 1 aromatic rings. The number of anilines is 1. The van der Waals surface area contributed by atoms with Crippen LogP contribution < -0.4 is 10.2 Å². The van der Waals surface area contributed by atoms with Crippen molar-refractivity contribution < 1.29 is 4.74 Å². The number of methoxy groups -OCH3 is 1. The van der Waals surface area contributed by atoms with Gasteiger partial charge in [0.25, 0.3) is 0 Å². The van der Waals surface area contributed by atoms with Crippen molar-refractivity contribution in [2.75, 3.05) is 32.1 Å². The van der Waals surface area contributed by atoms with E-state index in [9.17, 15) is 0 Å². The molecule has 1 aliphatic heterocycles. The highest BCUT2D eigenvalue weighted by atomic mass is 16.5. The highest BCUT2D eigenvalue weighted by Gasteiger charge is 2.19. The molecule has 1 N–H and O–H groups in total. The van der Waals surface area contributed by atoms with E-state index in [1.165, 1.54) is 0 Å². The van der Waals surface area contributed by atoms with Crippen LogP contribution in [-0.2, 0) is 11.3 Å². The minimum absolute atomic E-state index is 0.405. The fourth-order valence-corrected chi connectivity index (χ4v) is 2.10. The topological polar surface area (TPSA) is 50.3 Å². The maximum absolute atomic E-state index is 5.36. The van der Waals surface area contributed by atoms with Crippen molar-refractivity contribution >= 4 is 5.82 Å². The molecule has 5 heteroatoms. The van der Waals surface area contributed by atoms with Gasteiger partial charge in [-0.25, -0.2) is 4.98 Å². The molecule has 2 heterocycles. The lowest BCUT2D eigenvalue weighted by molar-refractivity contribution is 0.0818. The molecule has 0 radical (unpaired) electrons. The maximum atomic E-state index is 5.36. The van der Waals surface area contributed by atoms with Crippen LogP contribution in [-0.4, -0.2) is 43.3 Å². The zero-order valence-corrected chi connectivity index (χ0v) is 10.5. The van der Waals surface area contributed by atoms with E-state index in [2.05, 4.69) is 20.2 Å². The van der Waals surface area contributed by atoms with Crippen molar-refractivity contribution in [3.8, 4) is 0 Å². The van der Waals surface area contributed by atoms with Gasteiger partial charge in [0.1, 0.15) is 5.82 Å².